The number of carbonyl (C=O) groups is 4. The molecule has 0 bridgehead atoms. The average Bonchev–Trinajstić information content (AvgIpc) is 3.67. The Hall–Kier alpha value is -5.01. The van der Waals surface area contributed by atoms with Crippen LogP contribution < -0.4 is 20.4 Å². The molecule has 0 spiro atoms. The van der Waals surface area contributed by atoms with E-state index >= 15 is 8.78 Å². The van der Waals surface area contributed by atoms with E-state index in [2.05, 4.69) is 20.6 Å². The Morgan fingerprint density at radius 1 is 0.925 bits per heavy atom. The second-order valence-electron chi connectivity index (χ2n) is 9.17. The topological polar surface area (TPSA) is 146 Å². The van der Waals surface area contributed by atoms with Gasteiger partial charge in [0.05, 0.1) is 50.1 Å². The van der Waals surface area contributed by atoms with E-state index < -0.39 is 41.9 Å². The molecular formula is C26H24F2N6O6. The van der Waals surface area contributed by atoms with Crippen molar-refractivity contribution in [1.82, 2.24) is 20.6 Å². The number of imidazole rings is 1. The van der Waals surface area contributed by atoms with E-state index in [1.54, 1.807) is 0 Å². The smallest absolute Gasteiger partial charge is 0.414 e. The summed E-state index contributed by atoms with van der Waals surface area (Å²) < 4.78 is 40.7. The van der Waals surface area contributed by atoms with E-state index in [-0.39, 0.29) is 60.3 Å². The number of ether oxygens (including phenoxy) is 2. The van der Waals surface area contributed by atoms with Gasteiger partial charge in [0.25, 0.3) is 5.91 Å². The lowest BCUT2D eigenvalue weighted by atomic mass is 10.0. The number of H-pyrrole nitrogens is 1. The lowest BCUT2D eigenvalue weighted by molar-refractivity contribution is -0.119. The molecule has 2 aromatic carbocycles. The zero-order valence-corrected chi connectivity index (χ0v) is 21.1. The van der Waals surface area contributed by atoms with Crippen molar-refractivity contribution < 1.29 is 37.4 Å². The molecule has 1 aromatic heterocycles. The van der Waals surface area contributed by atoms with Gasteiger partial charge in [-0.1, -0.05) is 0 Å². The van der Waals surface area contributed by atoms with Crippen molar-refractivity contribution in [3.63, 3.8) is 0 Å². The fourth-order valence-corrected chi connectivity index (χ4v) is 4.40. The summed E-state index contributed by atoms with van der Waals surface area (Å²) in [5, 5.41) is 5.19. The van der Waals surface area contributed by atoms with Gasteiger partial charge in [-0.15, -0.1) is 0 Å². The summed E-state index contributed by atoms with van der Waals surface area (Å²) in [7, 11) is 0. The van der Waals surface area contributed by atoms with Gasteiger partial charge in [0.1, 0.15) is 29.5 Å². The number of nitrogens with one attached hydrogen (secondary N) is 3. The number of nitrogens with zero attached hydrogens (tertiary/aromatic N) is 3. The van der Waals surface area contributed by atoms with Gasteiger partial charge >= 0.3 is 12.2 Å². The molecule has 40 heavy (non-hydrogen) atoms. The van der Waals surface area contributed by atoms with Crippen LogP contribution >= 0.6 is 0 Å². The number of cyclic esters (lactones) is 2. The second-order valence-corrected chi connectivity index (χ2v) is 9.17. The molecule has 14 heteroatoms. The van der Waals surface area contributed by atoms with Crippen molar-refractivity contribution in [3.8, 4) is 11.1 Å². The standard InChI is InChI=1S/C26H24F2N6O6/c1-14(35)30-8-17-11-33(25(37)39-17)15-2-4-19(21(27)6-15)20-5-3-16(7-22(20)28)34-12-18(40-26(34)38)9-31-24(36)23-10-29-13-32-23/h2-7,10,13,17-18H,8-9,11-12H2,1H3,(H,29,32)(H,30,35)(H,31,36)/t17-,18-/m0/s1. The van der Waals surface area contributed by atoms with Gasteiger partial charge in [0, 0.05) is 18.1 Å². The molecule has 5 rings (SSSR count). The van der Waals surface area contributed by atoms with Crippen molar-refractivity contribution in [2.75, 3.05) is 36.0 Å². The molecule has 2 atom stereocenters. The number of aromatic nitrogens is 2. The summed E-state index contributed by atoms with van der Waals surface area (Å²) in [5.74, 6) is -2.23. The molecule has 2 fully saturated rings. The number of benzene rings is 2. The van der Waals surface area contributed by atoms with E-state index in [0.29, 0.717) is 0 Å². The predicted molar refractivity (Wildman–Crippen MR) is 137 cm³/mol. The summed E-state index contributed by atoms with van der Waals surface area (Å²) in [4.78, 5) is 56.7. The van der Waals surface area contributed by atoms with Crippen LogP contribution in [0.2, 0.25) is 0 Å². The summed E-state index contributed by atoms with van der Waals surface area (Å²) >= 11 is 0. The molecule has 4 amide bonds. The van der Waals surface area contributed by atoms with Gasteiger partial charge in [0.15, 0.2) is 0 Å². The van der Waals surface area contributed by atoms with Crippen LogP contribution in [0.3, 0.4) is 0 Å². The zero-order chi connectivity index (χ0) is 28.4. The van der Waals surface area contributed by atoms with Crippen molar-refractivity contribution in [2.24, 2.45) is 0 Å². The van der Waals surface area contributed by atoms with Crippen molar-refractivity contribution >= 4 is 35.4 Å². The summed E-state index contributed by atoms with van der Waals surface area (Å²) in [6, 6.07) is 7.82. The summed E-state index contributed by atoms with van der Waals surface area (Å²) in [5.41, 5.74) is 0.593. The number of hydrogen-bond donors (Lipinski definition) is 3. The van der Waals surface area contributed by atoms with Crippen LogP contribution in [0.15, 0.2) is 48.9 Å². The first-order valence-corrected chi connectivity index (χ1v) is 12.3. The highest BCUT2D eigenvalue weighted by atomic mass is 19.1. The molecule has 2 aliphatic rings. The molecule has 2 saturated heterocycles. The lowest BCUT2D eigenvalue weighted by Gasteiger charge is -2.16. The summed E-state index contributed by atoms with van der Waals surface area (Å²) in [6.45, 7) is 1.69. The second kappa shape index (κ2) is 11.0. The van der Waals surface area contributed by atoms with Crippen LogP contribution in [-0.4, -0.2) is 72.4 Å². The van der Waals surface area contributed by atoms with Crippen LogP contribution in [-0.2, 0) is 14.3 Å². The van der Waals surface area contributed by atoms with E-state index in [1.165, 1.54) is 53.5 Å². The zero-order valence-electron chi connectivity index (χ0n) is 21.1. The molecule has 0 unspecified atom stereocenters. The highest BCUT2D eigenvalue weighted by Gasteiger charge is 2.34. The maximum absolute atomic E-state index is 15.1. The molecule has 208 valence electrons. The van der Waals surface area contributed by atoms with E-state index in [1.807, 2.05) is 0 Å². The molecule has 3 N–H and O–H groups in total. The van der Waals surface area contributed by atoms with Gasteiger partial charge in [0.2, 0.25) is 5.91 Å². The summed E-state index contributed by atoms with van der Waals surface area (Å²) in [6.07, 6.45) is 0.0681. The van der Waals surface area contributed by atoms with Gasteiger partial charge in [-0.25, -0.2) is 23.4 Å². The van der Waals surface area contributed by atoms with E-state index in [4.69, 9.17) is 9.47 Å². The number of carbonyl (C=O) groups excluding carboxylic acids is 4. The fourth-order valence-electron chi connectivity index (χ4n) is 4.40. The minimum absolute atomic E-state index is 0.0385. The molecule has 3 heterocycles. The Balaban J connectivity index is 1.24. The van der Waals surface area contributed by atoms with Crippen molar-refractivity contribution in [1.29, 1.82) is 0 Å². The largest absolute Gasteiger partial charge is 0.442 e. The third-order valence-electron chi connectivity index (χ3n) is 6.38. The SMILES string of the molecule is CC(=O)NC[C@H]1CN(c2ccc(-c3ccc(N4C[C@H](CNC(=O)c5cnc[nH]5)OC4=O)cc3F)c(F)c2)C(=O)O1. The maximum Gasteiger partial charge on any atom is 0.414 e. The molecule has 0 saturated carbocycles. The average molecular weight is 555 g/mol. The van der Waals surface area contributed by atoms with Crippen molar-refractivity contribution in [3.05, 3.63) is 66.3 Å². The predicted octanol–water partition coefficient (Wildman–Crippen LogP) is 2.57. The first kappa shape index (κ1) is 26.6. The third kappa shape index (κ3) is 5.55. The number of rotatable bonds is 8. The van der Waals surface area contributed by atoms with Gasteiger partial charge in [-0.3, -0.25) is 19.4 Å². The van der Waals surface area contributed by atoms with Gasteiger partial charge in [-0.2, -0.15) is 0 Å². The molecule has 3 aromatic rings. The van der Waals surface area contributed by atoms with Crippen LogP contribution in [0.4, 0.5) is 29.7 Å². The minimum atomic E-state index is -0.774. The van der Waals surface area contributed by atoms with Crippen LogP contribution in [0.5, 0.6) is 0 Å². The number of halogens is 2. The first-order chi connectivity index (χ1) is 19.2. The Labute approximate surface area is 226 Å². The third-order valence-corrected chi connectivity index (χ3v) is 6.38. The van der Waals surface area contributed by atoms with Crippen molar-refractivity contribution in [2.45, 2.75) is 19.1 Å². The number of amides is 4. The number of anilines is 2. The Kier molecular flexibility index (Phi) is 7.31. The number of hydrogen-bond acceptors (Lipinski definition) is 7. The molecular weight excluding hydrogens is 530 g/mol. The lowest BCUT2D eigenvalue weighted by Crippen LogP contribution is -2.34. The van der Waals surface area contributed by atoms with Gasteiger partial charge < -0.3 is 25.1 Å². The van der Waals surface area contributed by atoms with E-state index in [0.717, 1.165) is 12.1 Å². The molecule has 0 radical (unpaired) electrons. The van der Waals surface area contributed by atoms with Crippen LogP contribution in [0.1, 0.15) is 17.4 Å². The Morgan fingerprint density at radius 2 is 1.45 bits per heavy atom. The molecule has 0 aliphatic carbocycles. The van der Waals surface area contributed by atoms with Gasteiger partial charge in [-0.05, 0) is 36.4 Å². The highest BCUT2D eigenvalue weighted by Crippen LogP contribution is 2.33. The quantitative estimate of drug-likeness (QED) is 0.388. The Morgan fingerprint density at radius 3 is 1.90 bits per heavy atom. The van der Waals surface area contributed by atoms with Crippen LogP contribution in [0, 0.1) is 11.6 Å². The monoisotopic (exact) mass is 554 g/mol. The normalized spacial score (nSPS) is 18.5. The molecule has 2 aliphatic heterocycles. The minimum Gasteiger partial charge on any atom is -0.442 e. The fraction of sp³-hybridized carbons (Fsp3) is 0.269. The number of aromatic amines is 1. The first-order valence-electron chi connectivity index (χ1n) is 12.3. The molecule has 12 nitrogen and oxygen atoms in total. The highest BCUT2D eigenvalue weighted by molar-refractivity contribution is 5.93. The van der Waals surface area contributed by atoms with Crippen LogP contribution in [0.25, 0.3) is 11.1 Å². The Bertz CT molecular complexity index is 1470. The van der Waals surface area contributed by atoms with E-state index in [9.17, 15) is 19.2 Å². The maximum atomic E-state index is 15.1.